The standard InChI is InChI=1S/C23H21N5O2/c24-15-16-1-3-19(4-2-16)23(29)28-13-11-27(12-14-28)20-9-7-17(8-10-20)21-25-22(30-26-21)18-5-6-18/h1-4,7-10,18H,5-6,11-14H2. The number of nitriles is 1. The number of nitrogens with zero attached hydrogens (tertiary/aromatic N) is 5. The molecule has 1 aliphatic heterocycles. The summed E-state index contributed by atoms with van der Waals surface area (Å²) < 4.78 is 5.35. The first kappa shape index (κ1) is 18.4. The highest BCUT2D eigenvalue weighted by atomic mass is 16.5. The topological polar surface area (TPSA) is 86.3 Å². The zero-order valence-corrected chi connectivity index (χ0v) is 16.5. The van der Waals surface area contributed by atoms with Gasteiger partial charge in [0, 0.05) is 48.9 Å². The van der Waals surface area contributed by atoms with E-state index < -0.39 is 0 Å². The molecule has 0 atom stereocenters. The molecule has 2 fully saturated rings. The maximum absolute atomic E-state index is 12.7. The lowest BCUT2D eigenvalue weighted by atomic mass is 10.1. The summed E-state index contributed by atoms with van der Waals surface area (Å²) >= 11 is 0. The van der Waals surface area contributed by atoms with Gasteiger partial charge in [-0.05, 0) is 61.4 Å². The normalized spacial score (nSPS) is 16.4. The molecule has 2 aromatic carbocycles. The van der Waals surface area contributed by atoms with Gasteiger partial charge in [-0.2, -0.15) is 10.2 Å². The Kier molecular flexibility index (Phi) is 4.68. The van der Waals surface area contributed by atoms with Crippen molar-refractivity contribution >= 4 is 11.6 Å². The van der Waals surface area contributed by atoms with E-state index in [0.29, 0.717) is 36.0 Å². The SMILES string of the molecule is N#Cc1ccc(C(=O)N2CCN(c3ccc(-c4noc(C5CC5)n4)cc3)CC2)cc1. The molecule has 0 bridgehead atoms. The average molecular weight is 399 g/mol. The molecule has 0 radical (unpaired) electrons. The molecule has 5 rings (SSSR count). The first-order valence-electron chi connectivity index (χ1n) is 10.2. The second-order valence-corrected chi connectivity index (χ2v) is 7.75. The van der Waals surface area contributed by atoms with Crippen molar-refractivity contribution < 1.29 is 9.32 Å². The maximum atomic E-state index is 12.7. The number of hydrogen-bond donors (Lipinski definition) is 0. The van der Waals surface area contributed by atoms with E-state index in [0.717, 1.165) is 43.1 Å². The van der Waals surface area contributed by atoms with Crippen LogP contribution in [0.4, 0.5) is 5.69 Å². The molecule has 1 saturated heterocycles. The molecule has 7 heteroatoms. The van der Waals surface area contributed by atoms with Gasteiger partial charge in [0.15, 0.2) is 0 Å². The molecule has 2 aliphatic rings. The van der Waals surface area contributed by atoms with Crippen LogP contribution in [0.15, 0.2) is 53.1 Å². The van der Waals surface area contributed by atoms with E-state index in [2.05, 4.69) is 33.2 Å². The number of carbonyl (C=O) groups is 1. The van der Waals surface area contributed by atoms with Crippen molar-refractivity contribution in [3.05, 3.63) is 65.5 Å². The molecule has 7 nitrogen and oxygen atoms in total. The zero-order valence-electron chi connectivity index (χ0n) is 16.5. The van der Waals surface area contributed by atoms with Gasteiger partial charge in [-0.15, -0.1) is 0 Å². The smallest absolute Gasteiger partial charge is 0.253 e. The van der Waals surface area contributed by atoms with E-state index >= 15 is 0 Å². The van der Waals surface area contributed by atoms with Crippen LogP contribution in [-0.4, -0.2) is 47.1 Å². The fourth-order valence-electron chi connectivity index (χ4n) is 3.71. The van der Waals surface area contributed by atoms with Gasteiger partial charge in [0.05, 0.1) is 11.6 Å². The Hall–Kier alpha value is -3.66. The number of benzene rings is 2. The molecule has 0 N–H and O–H groups in total. The highest BCUT2D eigenvalue weighted by molar-refractivity contribution is 5.94. The molecule has 1 amide bonds. The molecular formula is C23H21N5O2. The van der Waals surface area contributed by atoms with E-state index in [-0.39, 0.29) is 5.91 Å². The van der Waals surface area contributed by atoms with Crippen molar-refractivity contribution in [1.29, 1.82) is 5.26 Å². The predicted octanol–water partition coefficient (Wildman–Crippen LogP) is 3.45. The minimum absolute atomic E-state index is 0.0121. The van der Waals surface area contributed by atoms with E-state index in [1.165, 1.54) is 0 Å². The minimum atomic E-state index is 0.0121. The van der Waals surface area contributed by atoms with Crippen molar-refractivity contribution in [2.45, 2.75) is 18.8 Å². The highest BCUT2D eigenvalue weighted by Gasteiger charge is 2.29. The first-order chi connectivity index (χ1) is 14.7. The van der Waals surface area contributed by atoms with Gasteiger partial charge in [0.25, 0.3) is 5.91 Å². The lowest BCUT2D eigenvalue weighted by Crippen LogP contribution is -2.48. The molecule has 1 saturated carbocycles. The Morgan fingerprint density at radius 3 is 2.33 bits per heavy atom. The molecule has 0 spiro atoms. The number of rotatable bonds is 4. The number of hydrogen-bond acceptors (Lipinski definition) is 6. The summed E-state index contributed by atoms with van der Waals surface area (Å²) in [5.41, 5.74) is 3.25. The third-order valence-electron chi connectivity index (χ3n) is 5.69. The fraction of sp³-hybridized carbons (Fsp3) is 0.304. The van der Waals surface area contributed by atoms with Crippen molar-refractivity contribution in [1.82, 2.24) is 15.0 Å². The highest BCUT2D eigenvalue weighted by Crippen LogP contribution is 2.39. The minimum Gasteiger partial charge on any atom is -0.368 e. The van der Waals surface area contributed by atoms with Gasteiger partial charge in [0.2, 0.25) is 11.7 Å². The quantitative estimate of drug-likeness (QED) is 0.668. The maximum Gasteiger partial charge on any atom is 0.253 e. The third kappa shape index (κ3) is 3.64. The van der Waals surface area contributed by atoms with Gasteiger partial charge in [-0.25, -0.2) is 0 Å². The first-order valence-corrected chi connectivity index (χ1v) is 10.2. The Morgan fingerprint density at radius 2 is 1.70 bits per heavy atom. The Morgan fingerprint density at radius 1 is 1.00 bits per heavy atom. The van der Waals surface area contributed by atoms with E-state index in [9.17, 15) is 4.79 Å². The Labute approximate surface area is 174 Å². The van der Waals surface area contributed by atoms with Crippen LogP contribution in [0.1, 0.15) is 40.6 Å². The number of piperazine rings is 1. The van der Waals surface area contributed by atoms with Gasteiger partial charge in [0.1, 0.15) is 0 Å². The number of anilines is 1. The number of aromatic nitrogens is 2. The van der Waals surface area contributed by atoms with Crippen molar-refractivity contribution in [2.24, 2.45) is 0 Å². The molecule has 3 aromatic rings. The van der Waals surface area contributed by atoms with Crippen LogP contribution in [0.3, 0.4) is 0 Å². The van der Waals surface area contributed by atoms with Crippen LogP contribution in [0.5, 0.6) is 0 Å². The fourth-order valence-corrected chi connectivity index (χ4v) is 3.71. The summed E-state index contributed by atoms with van der Waals surface area (Å²) in [6.45, 7) is 2.87. The lowest BCUT2D eigenvalue weighted by Gasteiger charge is -2.36. The van der Waals surface area contributed by atoms with Gasteiger partial charge in [-0.3, -0.25) is 4.79 Å². The van der Waals surface area contributed by atoms with Crippen LogP contribution in [0, 0.1) is 11.3 Å². The second-order valence-electron chi connectivity index (χ2n) is 7.75. The third-order valence-corrected chi connectivity index (χ3v) is 5.69. The second kappa shape index (κ2) is 7.64. The van der Waals surface area contributed by atoms with Crippen LogP contribution in [0.2, 0.25) is 0 Å². The Bertz CT molecular complexity index is 1090. The molecule has 2 heterocycles. The molecule has 1 aromatic heterocycles. The van der Waals surface area contributed by atoms with Gasteiger partial charge >= 0.3 is 0 Å². The van der Waals surface area contributed by atoms with Crippen molar-refractivity contribution in [3.8, 4) is 17.5 Å². The summed E-state index contributed by atoms with van der Waals surface area (Å²) in [6, 6.07) is 17.1. The molecule has 150 valence electrons. The van der Waals surface area contributed by atoms with Gasteiger partial charge < -0.3 is 14.3 Å². The van der Waals surface area contributed by atoms with Crippen LogP contribution >= 0.6 is 0 Å². The van der Waals surface area contributed by atoms with Gasteiger partial charge in [-0.1, -0.05) is 5.16 Å². The molecular weight excluding hydrogens is 378 g/mol. The molecule has 30 heavy (non-hydrogen) atoms. The summed E-state index contributed by atoms with van der Waals surface area (Å²) in [6.07, 6.45) is 2.28. The van der Waals surface area contributed by atoms with E-state index in [1.807, 2.05) is 17.0 Å². The largest absolute Gasteiger partial charge is 0.368 e. The van der Waals surface area contributed by atoms with Crippen LogP contribution in [0.25, 0.3) is 11.4 Å². The summed E-state index contributed by atoms with van der Waals surface area (Å²) in [5, 5.41) is 13.0. The summed E-state index contributed by atoms with van der Waals surface area (Å²) in [7, 11) is 0. The monoisotopic (exact) mass is 399 g/mol. The zero-order chi connectivity index (χ0) is 20.5. The predicted molar refractivity (Wildman–Crippen MR) is 111 cm³/mol. The Balaban J connectivity index is 1.20. The van der Waals surface area contributed by atoms with Crippen molar-refractivity contribution in [3.63, 3.8) is 0 Å². The average Bonchev–Trinajstić information content (AvgIpc) is 3.55. The summed E-state index contributed by atoms with van der Waals surface area (Å²) in [5.74, 6) is 1.85. The van der Waals surface area contributed by atoms with E-state index in [1.54, 1.807) is 24.3 Å². The number of carbonyl (C=O) groups excluding carboxylic acids is 1. The van der Waals surface area contributed by atoms with Crippen LogP contribution < -0.4 is 4.90 Å². The molecule has 0 unspecified atom stereocenters. The molecule has 1 aliphatic carbocycles. The lowest BCUT2D eigenvalue weighted by molar-refractivity contribution is 0.0747. The summed E-state index contributed by atoms with van der Waals surface area (Å²) in [4.78, 5) is 21.3. The van der Waals surface area contributed by atoms with E-state index in [4.69, 9.17) is 9.78 Å². The van der Waals surface area contributed by atoms with Crippen molar-refractivity contribution in [2.75, 3.05) is 31.1 Å². The number of amides is 1. The van der Waals surface area contributed by atoms with Crippen LogP contribution in [-0.2, 0) is 0 Å².